The van der Waals surface area contributed by atoms with Crippen molar-refractivity contribution in [2.24, 2.45) is 31.9 Å². The molecule has 1 aromatic heterocycles. The first-order valence-electron chi connectivity index (χ1n) is 7.80. The maximum absolute atomic E-state index is 5.83. The van der Waals surface area contributed by atoms with Crippen molar-refractivity contribution in [2.45, 2.75) is 64.7 Å². The van der Waals surface area contributed by atoms with Crippen LogP contribution in [0, 0.1) is 0 Å². The largest absolute Gasteiger partial charge is 0.308 e. The number of hydrogen-bond acceptors (Lipinski definition) is 8. The fraction of sp³-hybridized carbons (Fsp3) is 0.714. The Morgan fingerprint density at radius 3 is 1.77 bits per heavy atom. The van der Waals surface area contributed by atoms with E-state index in [1.54, 1.807) is 6.07 Å². The van der Waals surface area contributed by atoms with E-state index in [-0.39, 0.29) is 12.3 Å². The molecule has 0 aliphatic carbocycles. The van der Waals surface area contributed by atoms with Gasteiger partial charge >= 0.3 is 0 Å². The Morgan fingerprint density at radius 1 is 0.909 bits per heavy atom. The minimum Gasteiger partial charge on any atom is -0.308 e. The lowest BCUT2D eigenvalue weighted by Gasteiger charge is -2.03. The van der Waals surface area contributed by atoms with Crippen LogP contribution in [0.5, 0.6) is 0 Å². The second kappa shape index (κ2) is 10.9. The Morgan fingerprint density at radius 2 is 1.36 bits per heavy atom. The van der Waals surface area contributed by atoms with E-state index in [0.717, 1.165) is 38.5 Å². The number of azo groups is 2. The van der Waals surface area contributed by atoms with Gasteiger partial charge in [-0.2, -0.15) is 10.2 Å². The van der Waals surface area contributed by atoms with Gasteiger partial charge in [0.2, 0.25) is 0 Å². The maximum Gasteiger partial charge on any atom is 0.179 e. The summed E-state index contributed by atoms with van der Waals surface area (Å²) in [5.74, 6) is 0.830. The lowest BCUT2D eigenvalue weighted by atomic mass is 10.2. The molecule has 2 atom stereocenters. The molecule has 0 amide bonds. The van der Waals surface area contributed by atoms with Crippen LogP contribution in [0.3, 0.4) is 0 Å². The van der Waals surface area contributed by atoms with Crippen LogP contribution in [-0.2, 0) is 0 Å². The molecule has 0 saturated carbocycles. The third-order valence-electron chi connectivity index (χ3n) is 2.96. The van der Waals surface area contributed by atoms with Crippen LogP contribution >= 0.6 is 0 Å². The molecule has 8 nitrogen and oxygen atoms in total. The van der Waals surface area contributed by atoms with Crippen molar-refractivity contribution in [1.82, 2.24) is 9.97 Å². The average Bonchev–Trinajstić information content (AvgIpc) is 2.54. The Labute approximate surface area is 131 Å². The van der Waals surface area contributed by atoms with Crippen LogP contribution < -0.4 is 11.5 Å². The fourth-order valence-corrected chi connectivity index (χ4v) is 1.66. The summed E-state index contributed by atoms with van der Waals surface area (Å²) in [6.07, 6.45) is 6.60. The van der Waals surface area contributed by atoms with E-state index >= 15 is 0 Å². The van der Waals surface area contributed by atoms with E-state index in [1.807, 2.05) is 0 Å². The predicted molar refractivity (Wildman–Crippen MR) is 86.1 cm³/mol. The molecule has 0 radical (unpaired) electrons. The molecule has 1 rings (SSSR count). The van der Waals surface area contributed by atoms with Gasteiger partial charge in [-0.3, -0.25) is 0 Å². The third-order valence-corrected chi connectivity index (χ3v) is 2.96. The number of nitrogens with two attached hydrogens (primary N) is 2. The van der Waals surface area contributed by atoms with Crippen molar-refractivity contribution < 1.29 is 0 Å². The molecular weight excluding hydrogens is 280 g/mol. The highest BCUT2D eigenvalue weighted by molar-refractivity contribution is 5.37. The molecule has 8 heteroatoms. The van der Waals surface area contributed by atoms with Crippen molar-refractivity contribution in [2.75, 3.05) is 0 Å². The van der Waals surface area contributed by atoms with E-state index < -0.39 is 0 Å². The van der Waals surface area contributed by atoms with Gasteiger partial charge in [0, 0.05) is 6.07 Å². The molecule has 1 aromatic rings. The van der Waals surface area contributed by atoms with Crippen molar-refractivity contribution in [1.29, 1.82) is 0 Å². The van der Waals surface area contributed by atoms with Crippen molar-refractivity contribution in [3.8, 4) is 0 Å². The topological polar surface area (TPSA) is 127 Å². The van der Waals surface area contributed by atoms with Crippen LogP contribution in [0.15, 0.2) is 32.9 Å². The van der Waals surface area contributed by atoms with Gasteiger partial charge in [0.1, 0.15) is 18.7 Å². The quantitative estimate of drug-likeness (QED) is 0.640. The molecule has 4 N–H and O–H groups in total. The molecule has 0 spiro atoms. The summed E-state index contributed by atoms with van der Waals surface area (Å²) in [5.41, 5.74) is 11.7. The average molecular weight is 306 g/mol. The summed E-state index contributed by atoms with van der Waals surface area (Å²) in [7, 11) is 0. The van der Waals surface area contributed by atoms with E-state index in [0.29, 0.717) is 11.6 Å². The number of hydrogen-bond donors (Lipinski definition) is 2. The standard InChI is InChI=1S/C14H26N8/c1-3-5-7-11(15)19-21-13-9-14(18-10-17-13)22-20-12(16)8-6-4-2/h9-12H,3-8,15-16H2,1-2H3/t11-,12-/m0/s1. The molecule has 1 heterocycles. The zero-order chi connectivity index (χ0) is 16.2. The van der Waals surface area contributed by atoms with E-state index in [4.69, 9.17) is 11.5 Å². The van der Waals surface area contributed by atoms with Gasteiger partial charge in [0.25, 0.3) is 0 Å². The van der Waals surface area contributed by atoms with Crippen molar-refractivity contribution in [3.63, 3.8) is 0 Å². The van der Waals surface area contributed by atoms with Crippen LogP contribution in [-0.4, -0.2) is 22.3 Å². The minimum absolute atomic E-state index is 0.303. The van der Waals surface area contributed by atoms with Crippen molar-refractivity contribution >= 4 is 11.6 Å². The molecule has 0 aliphatic heterocycles. The van der Waals surface area contributed by atoms with Gasteiger partial charge in [0.15, 0.2) is 11.6 Å². The van der Waals surface area contributed by atoms with E-state index in [2.05, 4.69) is 44.3 Å². The summed E-state index contributed by atoms with van der Waals surface area (Å²) in [4.78, 5) is 8.02. The number of unbranched alkanes of at least 4 members (excludes halogenated alkanes) is 2. The Balaban J connectivity index is 2.58. The van der Waals surface area contributed by atoms with Gasteiger partial charge in [-0.1, -0.05) is 39.5 Å². The molecule has 22 heavy (non-hydrogen) atoms. The molecule has 0 unspecified atom stereocenters. The SMILES string of the molecule is CCCC[C@@H](N)N=Nc1cc(N=N[C@H](N)CCCC)ncn1. The lowest BCUT2D eigenvalue weighted by molar-refractivity contribution is 0.575. The monoisotopic (exact) mass is 306 g/mol. The second-order valence-electron chi connectivity index (χ2n) is 5.08. The first kappa shape index (κ1) is 18.2. The van der Waals surface area contributed by atoms with Crippen LogP contribution in [0.2, 0.25) is 0 Å². The van der Waals surface area contributed by atoms with Crippen LogP contribution in [0.4, 0.5) is 11.6 Å². The Kier molecular flexibility index (Phi) is 9.01. The zero-order valence-electron chi connectivity index (χ0n) is 13.4. The van der Waals surface area contributed by atoms with E-state index in [1.165, 1.54) is 6.33 Å². The molecule has 0 aromatic carbocycles. The van der Waals surface area contributed by atoms with Gasteiger partial charge in [0.05, 0.1) is 0 Å². The first-order chi connectivity index (χ1) is 10.7. The van der Waals surface area contributed by atoms with Gasteiger partial charge in [-0.05, 0) is 12.8 Å². The molecule has 0 fully saturated rings. The predicted octanol–water partition coefficient (Wildman–Crippen LogP) is 3.59. The van der Waals surface area contributed by atoms with E-state index in [9.17, 15) is 0 Å². The maximum atomic E-state index is 5.83. The zero-order valence-corrected chi connectivity index (χ0v) is 13.4. The number of aromatic nitrogens is 2. The summed E-state index contributed by atoms with van der Waals surface area (Å²) in [6.45, 7) is 4.22. The first-order valence-corrected chi connectivity index (χ1v) is 7.80. The number of rotatable bonds is 10. The van der Waals surface area contributed by atoms with Gasteiger partial charge in [-0.15, -0.1) is 10.2 Å². The lowest BCUT2D eigenvalue weighted by Crippen LogP contribution is -2.15. The van der Waals surface area contributed by atoms with Crippen LogP contribution in [0.25, 0.3) is 0 Å². The molecule has 0 saturated heterocycles. The highest BCUT2D eigenvalue weighted by Gasteiger charge is 2.02. The number of nitrogens with zero attached hydrogens (tertiary/aromatic N) is 6. The smallest absolute Gasteiger partial charge is 0.179 e. The summed E-state index contributed by atoms with van der Waals surface area (Å²) in [5, 5.41) is 16.1. The molecule has 122 valence electrons. The van der Waals surface area contributed by atoms with Gasteiger partial charge < -0.3 is 11.5 Å². The second-order valence-corrected chi connectivity index (χ2v) is 5.08. The van der Waals surface area contributed by atoms with Crippen molar-refractivity contribution in [3.05, 3.63) is 12.4 Å². The van der Waals surface area contributed by atoms with Gasteiger partial charge in [-0.25, -0.2) is 9.97 Å². The summed E-state index contributed by atoms with van der Waals surface area (Å²) in [6, 6.07) is 1.60. The Bertz CT molecular complexity index is 434. The van der Waals surface area contributed by atoms with Crippen LogP contribution in [0.1, 0.15) is 52.4 Å². The molecular formula is C14H26N8. The highest BCUT2D eigenvalue weighted by Crippen LogP contribution is 2.16. The fourth-order valence-electron chi connectivity index (χ4n) is 1.66. The minimum atomic E-state index is -0.303. The normalized spacial score (nSPS) is 14.7. The molecule has 0 aliphatic rings. The third kappa shape index (κ3) is 7.84. The molecule has 0 bridgehead atoms. The summed E-state index contributed by atoms with van der Waals surface area (Å²) < 4.78 is 0. The Hall–Kier alpha value is -1.80. The summed E-state index contributed by atoms with van der Waals surface area (Å²) >= 11 is 0. The highest BCUT2D eigenvalue weighted by atomic mass is 15.2.